The Hall–Kier alpha value is -3.16. The van der Waals surface area contributed by atoms with Gasteiger partial charge >= 0.3 is 0 Å². The van der Waals surface area contributed by atoms with E-state index < -0.39 is 0 Å². The average molecular weight is 462 g/mol. The van der Waals surface area contributed by atoms with Crippen LogP contribution in [0.3, 0.4) is 0 Å². The number of aromatic nitrogens is 3. The summed E-state index contributed by atoms with van der Waals surface area (Å²) in [5.41, 5.74) is 4.12. The Morgan fingerprint density at radius 3 is 2.52 bits per heavy atom. The van der Waals surface area contributed by atoms with Gasteiger partial charge in [-0.2, -0.15) is 0 Å². The number of rotatable bonds is 8. The number of benzene rings is 2. The van der Waals surface area contributed by atoms with E-state index in [9.17, 15) is 9.59 Å². The van der Waals surface area contributed by atoms with E-state index in [4.69, 9.17) is 9.72 Å². The number of carbonyl (C=O) groups excluding carboxylic acids is 1. The monoisotopic (exact) mass is 461 g/mol. The van der Waals surface area contributed by atoms with Crippen LogP contribution in [0.25, 0.3) is 16.6 Å². The van der Waals surface area contributed by atoms with E-state index in [0.717, 1.165) is 17.1 Å². The molecule has 2 heterocycles. The topological polar surface area (TPSA) is 66.1 Å². The molecule has 170 valence electrons. The van der Waals surface area contributed by atoms with Crippen molar-refractivity contribution in [1.82, 2.24) is 14.1 Å². The molecule has 0 aliphatic heterocycles. The zero-order chi connectivity index (χ0) is 23.5. The molecule has 6 nitrogen and oxygen atoms in total. The van der Waals surface area contributed by atoms with Crippen LogP contribution >= 0.6 is 11.8 Å². The minimum Gasteiger partial charge on any atom is -0.383 e. The number of Topliss-reactive ketones (excluding diaryl/α,β-unsaturated/α-hetero) is 1. The van der Waals surface area contributed by atoms with Crippen molar-refractivity contribution in [3.8, 4) is 5.69 Å². The summed E-state index contributed by atoms with van der Waals surface area (Å²) < 4.78 is 9.00. The number of ether oxygens (including phenoxy) is 1. The fraction of sp³-hybridized carbons (Fsp3) is 0.269. The maximum atomic E-state index is 13.2. The molecule has 0 aliphatic carbocycles. The van der Waals surface area contributed by atoms with E-state index in [1.165, 1.54) is 11.8 Å². The molecule has 0 saturated heterocycles. The number of thioether (sulfide) groups is 1. The largest absolute Gasteiger partial charge is 0.383 e. The predicted molar refractivity (Wildman–Crippen MR) is 133 cm³/mol. The van der Waals surface area contributed by atoms with Crippen LogP contribution < -0.4 is 5.56 Å². The third-order valence-corrected chi connectivity index (χ3v) is 6.66. The minimum atomic E-state index is -0.208. The summed E-state index contributed by atoms with van der Waals surface area (Å²) in [6.45, 7) is 6.25. The van der Waals surface area contributed by atoms with Crippen molar-refractivity contribution in [3.05, 3.63) is 88.0 Å². The molecule has 0 N–H and O–H groups in total. The van der Waals surface area contributed by atoms with E-state index in [2.05, 4.69) is 4.57 Å². The Kier molecular flexibility index (Phi) is 6.81. The third kappa shape index (κ3) is 4.51. The molecular weight excluding hydrogens is 434 g/mol. The molecule has 1 unspecified atom stereocenters. The van der Waals surface area contributed by atoms with Gasteiger partial charge in [0.05, 0.1) is 29.3 Å². The molecule has 2 aromatic carbocycles. The number of aryl methyl sites for hydroxylation is 1. The molecule has 0 saturated carbocycles. The zero-order valence-corrected chi connectivity index (χ0v) is 20.1. The quantitative estimate of drug-likeness (QED) is 0.210. The molecule has 0 bridgehead atoms. The van der Waals surface area contributed by atoms with Crippen LogP contribution in [0.2, 0.25) is 0 Å². The molecule has 0 radical (unpaired) electrons. The van der Waals surface area contributed by atoms with E-state index in [1.54, 1.807) is 17.7 Å². The first-order chi connectivity index (χ1) is 15.9. The number of para-hydroxylation sites is 2. The molecule has 0 spiro atoms. The van der Waals surface area contributed by atoms with Crippen LogP contribution in [-0.2, 0) is 4.74 Å². The van der Waals surface area contributed by atoms with Crippen LogP contribution in [0.5, 0.6) is 0 Å². The number of carbonyl (C=O) groups is 1. The third-order valence-electron chi connectivity index (χ3n) is 5.70. The normalized spacial score (nSPS) is 12.2. The summed E-state index contributed by atoms with van der Waals surface area (Å²) in [4.78, 5) is 31.1. The van der Waals surface area contributed by atoms with Gasteiger partial charge in [0.2, 0.25) is 0 Å². The maximum absolute atomic E-state index is 13.2. The van der Waals surface area contributed by atoms with Gasteiger partial charge in [-0.1, -0.05) is 42.1 Å². The van der Waals surface area contributed by atoms with E-state index in [0.29, 0.717) is 28.2 Å². The average Bonchev–Trinajstić information content (AvgIpc) is 3.12. The lowest BCUT2D eigenvalue weighted by Crippen LogP contribution is -2.28. The molecule has 0 aliphatic rings. The summed E-state index contributed by atoms with van der Waals surface area (Å²) in [6.07, 6.45) is 0. The molecule has 0 fully saturated rings. The number of ketones is 1. The first-order valence-corrected chi connectivity index (χ1v) is 11.8. The Balaban J connectivity index is 1.66. The fourth-order valence-corrected chi connectivity index (χ4v) is 5.14. The lowest BCUT2D eigenvalue weighted by Gasteiger charge is -2.18. The van der Waals surface area contributed by atoms with Gasteiger partial charge in [-0.3, -0.25) is 14.2 Å². The zero-order valence-electron chi connectivity index (χ0n) is 19.2. The minimum absolute atomic E-state index is 0.00336. The maximum Gasteiger partial charge on any atom is 0.262 e. The summed E-state index contributed by atoms with van der Waals surface area (Å²) in [7, 11) is 1.61. The highest BCUT2D eigenvalue weighted by atomic mass is 32.2. The Bertz CT molecular complexity index is 1360. The van der Waals surface area contributed by atoms with Crippen molar-refractivity contribution in [3.63, 3.8) is 0 Å². The summed E-state index contributed by atoms with van der Waals surface area (Å²) in [5.74, 6) is 0.187. The summed E-state index contributed by atoms with van der Waals surface area (Å²) >= 11 is 1.29. The molecule has 0 amide bonds. The van der Waals surface area contributed by atoms with Gasteiger partial charge in [-0.05, 0) is 51.1 Å². The molecule has 33 heavy (non-hydrogen) atoms. The van der Waals surface area contributed by atoms with Gasteiger partial charge < -0.3 is 9.30 Å². The fourth-order valence-electron chi connectivity index (χ4n) is 4.16. The van der Waals surface area contributed by atoms with Gasteiger partial charge in [-0.25, -0.2) is 4.98 Å². The molecule has 4 aromatic rings. The van der Waals surface area contributed by atoms with Crippen molar-refractivity contribution >= 4 is 28.4 Å². The van der Waals surface area contributed by atoms with Gasteiger partial charge in [0, 0.05) is 29.7 Å². The highest BCUT2D eigenvalue weighted by Gasteiger charge is 2.20. The second-order valence-corrected chi connectivity index (χ2v) is 9.00. The van der Waals surface area contributed by atoms with Crippen molar-refractivity contribution in [2.75, 3.05) is 19.5 Å². The van der Waals surface area contributed by atoms with Crippen LogP contribution in [0.1, 0.15) is 34.7 Å². The van der Waals surface area contributed by atoms with E-state index in [1.807, 2.05) is 75.4 Å². The van der Waals surface area contributed by atoms with Gasteiger partial charge in [0.1, 0.15) is 0 Å². The second kappa shape index (κ2) is 9.77. The number of fused-ring (bicyclic) bond motifs is 1. The Morgan fingerprint density at radius 2 is 1.79 bits per heavy atom. The molecule has 4 rings (SSSR count). The Morgan fingerprint density at radius 1 is 1.09 bits per heavy atom. The van der Waals surface area contributed by atoms with Crippen LogP contribution in [-0.4, -0.2) is 39.4 Å². The highest BCUT2D eigenvalue weighted by Crippen LogP contribution is 2.25. The number of hydrogen-bond acceptors (Lipinski definition) is 5. The van der Waals surface area contributed by atoms with Crippen molar-refractivity contribution < 1.29 is 9.53 Å². The van der Waals surface area contributed by atoms with Crippen LogP contribution in [0, 0.1) is 13.8 Å². The van der Waals surface area contributed by atoms with Gasteiger partial charge in [-0.15, -0.1) is 0 Å². The van der Waals surface area contributed by atoms with Crippen molar-refractivity contribution in [2.24, 2.45) is 0 Å². The lowest BCUT2D eigenvalue weighted by atomic mass is 10.2. The summed E-state index contributed by atoms with van der Waals surface area (Å²) in [5, 5.41) is 1.08. The van der Waals surface area contributed by atoms with Crippen LogP contribution in [0.15, 0.2) is 70.6 Å². The van der Waals surface area contributed by atoms with Crippen molar-refractivity contribution in [2.45, 2.75) is 32.0 Å². The number of methoxy groups -OCH3 is 1. The second-order valence-electron chi connectivity index (χ2n) is 8.06. The summed E-state index contributed by atoms with van der Waals surface area (Å²) in [6, 6.07) is 19.0. The SMILES string of the molecule is COCC(C)n1c(SCC(=O)c2cc(C)n(-c3ccccc3)c2C)nc2ccccc2c1=O. The lowest BCUT2D eigenvalue weighted by molar-refractivity contribution is 0.102. The number of hydrogen-bond donors (Lipinski definition) is 0. The molecule has 1 atom stereocenters. The van der Waals surface area contributed by atoms with Gasteiger partial charge in [0.15, 0.2) is 10.9 Å². The van der Waals surface area contributed by atoms with Gasteiger partial charge in [0.25, 0.3) is 5.56 Å². The van der Waals surface area contributed by atoms with Crippen LogP contribution in [0.4, 0.5) is 0 Å². The first kappa shape index (κ1) is 23.0. The predicted octanol–water partition coefficient (Wildman–Crippen LogP) is 4.99. The standard InChI is InChI=1S/C26H27N3O3S/c1-17-14-22(19(3)28(17)20-10-6-5-7-11-20)24(30)16-33-26-27-23-13-9-8-12-21(23)25(31)29(26)18(2)15-32-4/h5-14,18H,15-16H2,1-4H3. The molecule has 7 heteroatoms. The van der Waals surface area contributed by atoms with Crippen molar-refractivity contribution in [1.29, 1.82) is 0 Å². The van der Waals surface area contributed by atoms with E-state index >= 15 is 0 Å². The van der Waals surface area contributed by atoms with E-state index in [-0.39, 0.29) is 23.1 Å². The Labute approximate surface area is 197 Å². The molecular formula is C26H27N3O3S. The highest BCUT2D eigenvalue weighted by molar-refractivity contribution is 7.99. The smallest absolute Gasteiger partial charge is 0.262 e. The number of nitrogens with zero attached hydrogens (tertiary/aromatic N) is 3. The molecule has 2 aromatic heterocycles. The first-order valence-electron chi connectivity index (χ1n) is 10.8.